The van der Waals surface area contributed by atoms with Crippen LogP contribution in [0.1, 0.15) is 23.4 Å². The summed E-state index contributed by atoms with van der Waals surface area (Å²) in [6.45, 7) is 3.83. The number of hydrogen-bond donors (Lipinski definition) is 2. The van der Waals surface area contributed by atoms with Gasteiger partial charge in [0.2, 0.25) is 5.91 Å². The van der Waals surface area contributed by atoms with Gasteiger partial charge in [-0.3, -0.25) is 4.79 Å². The smallest absolute Gasteiger partial charge is 0.225 e. The van der Waals surface area contributed by atoms with Crippen molar-refractivity contribution in [2.24, 2.45) is 11.8 Å². The zero-order chi connectivity index (χ0) is 14.7. The number of carbonyl (C=O) groups is 1. The summed E-state index contributed by atoms with van der Waals surface area (Å²) in [5.41, 5.74) is 1.13. The number of benzene rings is 1. The standard InChI is InChI=1S/C17H20N2OS/c1-12-10-18-11-14(12)17(20)19-16(15-8-5-9-21-15)13-6-3-2-4-7-13/h2-9,12,14,16,18H,10-11H2,1H3,(H,19,20)/t12-,14-,16?/m1/s1. The highest BCUT2D eigenvalue weighted by atomic mass is 32.1. The third-order valence-corrected chi connectivity index (χ3v) is 5.04. The van der Waals surface area contributed by atoms with Crippen LogP contribution in [0.15, 0.2) is 47.8 Å². The van der Waals surface area contributed by atoms with E-state index in [9.17, 15) is 4.79 Å². The lowest BCUT2D eigenvalue weighted by atomic mass is 9.96. The Morgan fingerprint density at radius 2 is 2.05 bits per heavy atom. The average molecular weight is 300 g/mol. The maximum absolute atomic E-state index is 12.6. The molecule has 1 amide bonds. The van der Waals surface area contributed by atoms with Crippen LogP contribution in [-0.4, -0.2) is 19.0 Å². The predicted octanol–water partition coefficient (Wildman–Crippen LogP) is 2.81. The van der Waals surface area contributed by atoms with E-state index in [0.717, 1.165) is 18.7 Å². The van der Waals surface area contributed by atoms with Crippen molar-refractivity contribution in [3.63, 3.8) is 0 Å². The molecule has 2 N–H and O–H groups in total. The molecule has 0 spiro atoms. The number of amides is 1. The molecule has 4 heteroatoms. The van der Waals surface area contributed by atoms with Crippen molar-refractivity contribution in [3.05, 3.63) is 58.3 Å². The van der Waals surface area contributed by atoms with E-state index in [-0.39, 0.29) is 17.9 Å². The molecule has 0 bridgehead atoms. The summed E-state index contributed by atoms with van der Waals surface area (Å²) in [5.74, 6) is 0.607. The molecule has 0 saturated carbocycles. The van der Waals surface area contributed by atoms with Gasteiger partial charge in [0.1, 0.15) is 0 Å². The van der Waals surface area contributed by atoms with E-state index in [1.165, 1.54) is 4.88 Å². The number of nitrogens with one attached hydrogen (secondary N) is 2. The molecule has 1 aliphatic rings. The Morgan fingerprint density at radius 1 is 1.24 bits per heavy atom. The van der Waals surface area contributed by atoms with Crippen molar-refractivity contribution in [2.75, 3.05) is 13.1 Å². The highest BCUT2D eigenvalue weighted by Crippen LogP contribution is 2.27. The van der Waals surface area contributed by atoms with Crippen molar-refractivity contribution < 1.29 is 4.79 Å². The normalized spacial score (nSPS) is 22.9. The lowest BCUT2D eigenvalue weighted by Gasteiger charge is -2.21. The maximum atomic E-state index is 12.6. The van der Waals surface area contributed by atoms with Crippen LogP contribution in [-0.2, 0) is 4.79 Å². The lowest BCUT2D eigenvalue weighted by Crippen LogP contribution is -2.37. The summed E-state index contributed by atoms with van der Waals surface area (Å²) in [7, 11) is 0. The van der Waals surface area contributed by atoms with Gasteiger partial charge in [0, 0.05) is 11.4 Å². The fourth-order valence-electron chi connectivity index (χ4n) is 2.83. The third kappa shape index (κ3) is 3.17. The summed E-state index contributed by atoms with van der Waals surface area (Å²) in [6, 6.07) is 14.2. The van der Waals surface area contributed by atoms with Crippen LogP contribution >= 0.6 is 11.3 Å². The van der Waals surface area contributed by atoms with E-state index in [1.807, 2.05) is 24.3 Å². The van der Waals surface area contributed by atoms with Crippen molar-refractivity contribution in [1.29, 1.82) is 0 Å². The zero-order valence-corrected chi connectivity index (χ0v) is 12.9. The van der Waals surface area contributed by atoms with E-state index < -0.39 is 0 Å². The molecule has 1 saturated heterocycles. The first-order valence-electron chi connectivity index (χ1n) is 7.35. The van der Waals surface area contributed by atoms with Crippen molar-refractivity contribution >= 4 is 17.2 Å². The first-order valence-corrected chi connectivity index (χ1v) is 8.23. The summed E-state index contributed by atoms with van der Waals surface area (Å²) < 4.78 is 0. The topological polar surface area (TPSA) is 41.1 Å². The van der Waals surface area contributed by atoms with Gasteiger partial charge in [-0.15, -0.1) is 11.3 Å². The summed E-state index contributed by atoms with van der Waals surface area (Å²) in [5, 5.41) is 8.58. The van der Waals surface area contributed by atoms with Gasteiger partial charge < -0.3 is 10.6 Å². The first-order chi connectivity index (χ1) is 10.3. The molecule has 1 aliphatic heterocycles. The fraction of sp³-hybridized carbons (Fsp3) is 0.353. The molecule has 3 nitrogen and oxygen atoms in total. The summed E-state index contributed by atoms with van der Waals surface area (Å²) >= 11 is 1.68. The number of rotatable bonds is 4. The molecule has 1 aromatic carbocycles. The minimum absolute atomic E-state index is 0.0495. The van der Waals surface area contributed by atoms with Crippen LogP contribution in [0.3, 0.4) is 0 Å². The second-order valence-corrected chi connectivity index (χ2v) is 6.59. The molecule has 1 unspecified atom stereocenters. The summed E-state index contributed by atoms with van der Waals surface area (Å²) in [4.78, 5) is 13.8. The average Bonchev–Trinajstić information content (AvgIpc) is 3.17. The van der Waals surface area contributed by atoms with E-state index in [1.54, 1.807) is 11.3 Å². The van der Waals surface area contributed by atoms with Gasteiger partial charge >= 0.3 is 0 Å². The minimum atomic E-state index is -0.0495. The molecule has 21 heavy (non-hydrogen) atoms. The molecular formula is C17H20N2OS. The fourth-order valence-corrected chi connectivity index (χ4v) is 3.63. The molecular weight excluding hydrogens is 280 g/mol. The van der Waals surface area contributed by atoms with Gasteiger partial charge in [-0.2, -0.15) is 0 Å². The molecule has 0 radical (unpaired) electrons. The zero-order valence-electron chi connectivity index (χ0n) is 12.1. The molecule has 1 fully saturated rings. The lowest BCUT2D eigenvalue weighted by molar-refractivity contribution is -0.125. The van der Waals surface area contributed by atoms with Gasteiger partial charge in [-0.25, -0.2) is 0 Å². The van der Waals surface area contributed by atoms with Crippen molar-refractivity contribution in [1.82, 2.24) is 10.6 Å². The van der Waals surface area contributed by atoms with Gasteiger partial charge in [-0.05, 0) is 29.5 Å². The van der Waals surface area contributed by atoms with Gasteiger partial charge in [0.15, 0.2) is 0 Å². The minimum Gasteiger partial charge on any atom is -0.344 e. The largest absolute Gasteiger partial charge is 0.344 e. The first kappa shape index (κ1) is 14.3. The van der Waals surface area contributed by atoms with Crippen LogP contribution in [0.5, 0.6) is 0 Å². The monoisotopic (exact) mass is 300 g/mol. The van der Waals surface area contributed by atoms with E-state index in [4.69, 9.17) is 0 Å². The quantitative estimate of drug-likeness (QED) is 0.911. The van der Waals surface area contributed by atoms with Crippen LogP contribution in [0.2, 0.25) is 0 Å². The van der Waals surface area contributed by atoms with Crippen molar-refractivity contribution in [3.8, 4) is 0 Å². The second-order valence-electron chi connectivity index (χ2n) is 5.61. The van der Waals surface area contributed by atoms with E-state index in [2.05, 4.69) is 41.1 Å². The van der Waals surface area contributed by atoms with E-state index in [0.29, 0.717) is 5.92 Å². The Kier molecular flexibility index (Phi) is 4.36. The number of hydrogen-bond acceptors (Lipinski definition) is 3. The van der Waals surface area contributed by atoms with Gasteiger partial charge in [0.05, 0.1) is 12.0 Å². The Balaban J connectivity index is 1.82. The van der Waals surface area contributed by atoms with Crippen LogP contribution < -0.4 is 10.6 Å². The summed E-state index contributed by atoms with van der Waals surface area (Å²) in [6.07, 6.45) is 0. The third-order valence-electron chi connectivity index (χ3n) is 4.10. The Morgan fingerprint density at radius 3 is 2.67 bits per heavy atom. The molecule has 3 atom stereocenters. The van der Waals surface area contributed by atoms with E-state index >= 15 is 0 Å². The SMILES string of the molecule is C[C@@H]1CNC[C@H]1C(=O)NC(c1ccccc1)c1cccs1. The molecule has 1 aromatic heterocycles. The Hall–Kier alpha value is -1.65. The van der Waals surface area contributed by atoms with Crippen LogP contribution in [0, 0.1) is 11.8 Å². The Labute approximate surface area is 129 Å². The molecule has 2 heterocycles. The predicted molar refractivity (Wildman–Crippen MR) is 86.3 cm³/mol. The number of thiophene rings is 1. The van der Waals surface area contributed by atoms with Gasteiger partial charge in [0.25, 0.3) is 0 Å². The highest BCUT2D eigenvalue weighted by Gasteiger charge is 2.31. The second kappa shape index (κ2) is 6.41. The highest BCUT2D eigenvalue weighted by molar-refractivity contribution is 7.10. The molecule has 3 rings (SSSR count). The van der Waals surface area contributed by atoms with Crippen LogP contribution in [0.25, 0.3) is 0 Å². The molecule has 2 aromatic rings. The van der Waals surface area contributed by atoms with Crippen LogP contribution in [0.4, 0.5) is 0 Å². The van der Waals surface area contributed by atoms with Gasteiger partial charge in [-0.1, -0.05) is 43.3 Å². The Bertz CT molecular complexity index is 582. The molecule has 0 aliphatic carbocycles. The number of carbonyl (C=O) groups excluding carboxylic acids is 1. The molecule has 110 valence electrons. The maximum Gasteiger partial charge on any atom is 0.225 e. The van der Waals surface area contributed by atoms with Crippen molar-refractivity contribution in [2.45, 2.75) is 13.0 Å².